The number of methoxy groups -OCH3 is 1. The van der Waals surface area contributed by atoms with Crippen LogP contribution in [0.3, 0.4) is 0 Å². The number of nitrogens with zero attached hydrogens (tertiary/aromatic N) is 3. The summed E-state index contributed by atoms with van der Waals surface area (Å²) in [6.07, 6.45) is 4.59. The fourth-order valence-corrected chi connectivity index (χ4v) is 4.85. The number of carbonyl (C=O) groups excluding carboxylic acids is 2. The quantitative estimate of drug-likeness (QED) is 0.768. The maximum absolute atomic E-state index is 14.0. The minimum Gasteiger partial charge on any atom is -0.497 e. The Morgan fingerprint density at radius 2 is 1.94 bits per heavy atom. The maximum Gasteiger partial charge on any atom is 0.252 e. The predicted octanol–water partition coefficient (Wildman–Crippen LogP) is 2.35. The zero-order valence-corrected chi connectivity index (χ0v) is 18.7. The minimum atomic E-state index is -0.598. The van der Waals surface area contributed by atoms with E-state index in [9.17, 15) is 9.59 Å². The Bertz CT molecular complexity index is 986. The van der Waals surface area contributed by atoms with Crippen molar-refractivity contribution in [2.24, 2.45) is 5.73 Å². The standard InChI is InChI=1S/C24H30N4O4/c1-16-20(21(25)29)14-26-22(27-16)17-4-3-11-28(15-17)23(30)24(9-12-32-13-10-24)18-5-7-19(31-2)8-6-18/h5-8,14,17H,3-4,9-13,15H2,1-2H3,(H2,25,29). The number of primary amides is 1. The Morgan fingerprint density at radius 1 is 1.22 bits per heavy atom. The third kappa shape index (κ3) is 4.19. The summed E-state index contributed by atoms with van der Waals surface area (Å²) in [5, 5.41) is 0. The van der Waals surface area contributed by atoms with E-state index in [1.807, 2.05) is 29.2 Å². The van der Waals surface area contributed by atoms with E-state index in [1.54, 1.807) is 14.0 Å². The van der Waals surface area contributed by atoms with Crippen LogP contribution in [-0.4, -0.2) is 60.1 Å². The molecule has 1 aromatic carbocycles. The van der Waals surface area contributed by atoms with Gasteiger partial charge in [0, 0.05) is 38.4 Å². The second-order valence-electron chi connectivity index (χ2n) is 8.60. The normalized spacial score (nSPS) is 20.6. The molecule has 2 saturated heterocycles. The summed E-state index contributed by atoms with van der Waals surface area (Å²) in [6, 6.07) is 7.82. The molecule has 2 N–H and O–H groups in total. The third-order valence-electron chi connectivity index (χ3n) is 6.74. The van der Waals surface area contributed by atoms with Crippen molar-refractivity contribution >= 4 is 11.8 Å². The van der Waals surface area contributed by atoms with Gasteiger partial charge in [0.2, 0.25) is 5.91 Å². The van der Waals surface area contributed by atoms with Crippen molar-refractivity contribution < 1.29 is 19.1 Å². The smallest absolute Gasteiger partial charge is 0.252 e. The number of nitrogens with two attached hydrogens (primary N) is 1. The minimum absolute atomic E-state index is 0.0288. The molecular weight excluding hydrogens is 408 g/mol. The number of hydrogen-bond acceptors (Lipinski definition) is 6. The molecule has 170 valence electrons. The summed E-state index contributed by atoms with van der Waals surface area (Å²) in [7, 11) is 1.64. The zero-order chi connectivity index (χ0) is 22.7. The van der Waals surface area contributed by atoms with Crippen LogP contribution in [0.15, 0.2) is 30.5 Å². The van der Waals surface area contributed by atoms with Crippen molar-refractivity contribution in [3.05, 3.63) is 53.1 Å². The maximum atomic E-state index is 14.0. The summed E-state index contributed by atoms with van der Waals surface area (Å²) in [5.41, 5.74) is 6.70. The summed E-state index contributed by atoms with van der Waals surface area (Å²) < 4.78 is 10.9. The van der Waals surface area contributed by atoms with E-state index in [1.165, 1.54) is 6.20 Å². The lowest BCUT2D eigenvalue weighted by Gasteiger charge is -2.42. The van der Waals surface area contributed by atoms with Crippen molar-refractivity contribution in [3.63, 3.8) is 0 Å². The molecule has 0 spiro atoms. The molecule has 2 fully saturated rings. The van der Waals surface area contributed by atoms with Crippen molar-refractivity contribution in [2.45, 2.75) is 43.9 Å². The van der Waals surface area contributed by atoms with Gasteiger partial charge >= 0.3 is 0 Å². The van der Waals surface area contributed by atoms with Crippen LogP contribution >= 0.6 is 0 Å². The molecule has 0 bridgehead atoms. The van der Waals surface area contributed by atoms with Crippen LogP contribution < -0.4 is 10.5 Å². The van der Waals surface area contributed by atoms with Crippen LogP contribution in [0.4, 0.5) is 0 Å². The molecule has 32 heavy (non-hydrogen) atoms. The lowest BCUT2D eigenvalue weighted by molar-refractivity contribution is -0.142. The average Bonchev–Trinajstić information content (AvgIpc) is 2.84. The highest BCUT2D eigenvalue weighted by Crippen LogP contribution is 2.39. The van der Waals surface area contributed by atoms with Crippen molar-refractivity contribution in [1.82, 2.24) is 14.9 Å². The van der Waals surface area contributed by atoms with E-state index >= 15 is 0 Å². The molecule has 2 aromatic rings. The number of carbonyl (C=O) groups is 2. The highest BCUT2D eigenvalue weighted by molar-refractivity contribution is 5.93. The highest BCUT2D eigenvalue weighted by atomic mass is 16.5. The van der Waals surface area contributed by atoms with Crippen LogP contribution in [0.2, 0.25) is 0 Å². The van der Waals surface area contributed by atoms with E-state index < -0.39 is 11.3 Å². The molecule has 2 amide bonds. The molecule has 1 aromatic heterocycles. The van der Waals surface area contributed by atoms with Gasteiger partial charge in [0.25, 0.3) is 5.91 Å². The first-order valence-electron chi connectivity index (χ1n) is 11.1. The van der Waals surface area contributed by atoms with E-state index in [0.29, 0.717) is 56.2 Å². The van der Waals surface area contributed by atoms with Crippen LogP contribution in [0, 0.1) is 6.92 Å². The predicted molar refractivity (Wildman–Crippen MR) is 119 cm³/mol. The lowest BCUT2D eigenvalue weighted by Crippen LogP contribution is -2.52. The van der Waals surface area contributed by atoms with Crippen LogP contribution in [0.5, 0.6) is 5.75 Å². The number of aryl methyl sites for hydroxylation is 1. The van der Waals surface area contributed by atoms with Crippen LogP contribution in [0.25, 0.3) is 0 Å². The largest absolute Gasteiger partial charge is 0.497 e. The van der Waals surface area contributed by atoms with Crippen molar-refractivity contribution in [3.8, 4) is 5.75 Å². The second-order valence-corrected chi connectivity index (χ2v) is 8.60. The number of amides is 2. The number of benzene rings is 1. The molecule has 8 heteroatoms. The Labute approximate surface area is 188 Å². The second kappa shape index (κ2) is 9.24. The molecule has 1 unspecified atom stereocenters. The molecule has 4 rings (SSSR count). The average molecular weight is 439 g/mol. The van der Waals surface area contributed by atoms with E-state index in [-0.39, 0.29) is 11.8 Å². The number of rotatable bonds is 5. The summed E-state index contributed by atoms with van der Waals surface area (Å²) in [4.78, 5) is 36.4. The Balaban J connectivity index is 1.59. The molecule has 8 nitrogen and oxygen atoms in total. The first-order valence-corrected chi connectivity index (χ1v) is 11.1. The number of hydrogen-bond donors (Lipinski definition) is 1. The van der Waals surface area contributed by atoms with E-state index in [0.717, 1.165) is 24.2 Å². The highest BCUT2D eigenvalue weighted by Gasteiger charge is 2.45. The molecular formula is C24H30N4O4. The topological polar surface area (TPSA) is 108 Å². The Hall–Kier alpha value is -3.00. The Morgan fingerprint density at radius 3 is 2.56 bits per heavy atom. The van der Waals surface area contributed by atoms with Crippen molar-refractivity contribution in [2.75, 3.05) is 33.4 Å². The van der Waals surface area contributed by atoms with Gasteiger partial charge < -0.3 is 20.1 Å². The number of piperidine rings is 1. The fourth-order valence-electron chi connectivity index (χ4n) is 4.85. The summed E-state index contributed by atoms with van der Waals surface area (Å²) >= 11 is 0. The lowest BCUT2D eigenvalue weighted by atomic mass is 9.72. The number of aromatic nitrogens is 2. The molecule has 3 heterocycles. The third-order valence-corrected chi connectivity index (χ3v) is 6.74. The van der Waals surface area contributed by atoms with Crippen molar-refractivity contribution in [1.29, 1.82) is 0 Å². The first kappa shape index (κ1) is 22.2. The molecule has 1 atom stereocenters. The van der Waals surface area contributed by atoms with Gasteiger partial charge in [-0.05, 0) is 50.3 Å². The first-order chi connectivity index (χ1) is 15.4. The van der Waals surface area contributed by atoms with Gasteiger partial charge in [0.15, 0.2) is 0 Å². The van der Waals surface area contributed by atoms with E-state index in [2.05, 4.69) is 9.97 Å². The Kier molecular flexibility index (Phi) is 6.41. The molecule has 0 aliphatic carbocycles. The van der Waals surface area contributed by atoms with Crippen LogP contribution in [0.1, 0.15) is 59.0 Å². The zero-order valence-electron chi connectivity index (χ0n) is 18.7. The van der Waals surface area contributed by atoms with Gasteiger partial charge in [-0.1, -0.05) is 12.1 Å². The van der Waals surface area contributed by atoms with Gasteiger partial charge in [0.1, 0.15) is 11.6 Å². The van der Waals surface area contributed by atoms with Gasteiger partial charge in [-0.25, -0.2) is 9.97 Å². The van der Waals surface area contributed by atoms with Gasteiger partial charge in [-0.15, -0.1) is 0 Å². The summed E-state index contributed by atoms with van der Waals surface area (Å²) in [5.74, 6) is 1.07. The molecule has 0 saturated carbocycles. The van der Waals surface area contributed by atoms with Crippen LogP contribution in [-0.2, 0) is 14.9 Å². The SMILES string of the molecule is COc1ccc(C2(C(=O)N3CCCC(c4ncc(C(N)=O)c(C)n4)C3)CCOCC2)cc1. The molecule has 2 aliphatic heterocycles. The fraction of sp³-hybridized carbons (Fsp3) is 0.500. The monoisotopic (exact) mass is 438 g/mol. The molecule has 2 aliphatic rings. The van der Waals surface area contributed by atoms with Gasteiger partial charge in [-0.2, -0.15) is 0 Å². The van der Waals surface area contributed by atoms with Gasteiger partial charge in [0.05, 0.1) is 23.8 Å². The summed E-state index contributed by atoms with van der Waals surface area (Å²) in [6.45, 7) is 4.16. The molecule has 0 radical (unpaired) electrons. The van der Waals surface area contributed by atoms with Gasteiger partial charge in [-0.3, -0.25) is 9.59 Å². The number of likely N-dealkylation sites (tertiary alicyclic amines) is 1. The van der Waals surface area contributed by atoms with E-state index in [4.69, 9.17) is 15.2 Å². The number of ether oxygens (including phenoxy) is 2.